The van der Waals surface area contributed by atoms with Gasteiger partial charge in [-0.15, -0.1) is 0 Å². The lowest BCUT2D eigenvalue weighted by Gasteiger charge is -2.09. The van der Waals surface area contributed by atoms with E-state index < -0.39 is 23.7 Å². The lowest BCUT2D eigenvalue weighted by Crippen LogP contribution is -2.34. The third-order valence-corrected chi connectivity index (χ3v) is 2.24. The molecular formula is C12H12F3NO2. The van der Waals surface area contributed by atoms with E-state index in [-0.39, 0.29) is 6.42 Å². The van der Waals surface area contributed by atoms with Crippen LogP contribution in [0.1, 0.15) is 18.1 Å². The van der Waals surface area contributed by atoms with Crippen LogP contribution in [-0.4, -0.2) is 18.2 Å². The molecule has 0 aliphatic carbocycles. The Bertz CT molecular complexity index is 426. The zero-order valence-electron chi connectivity index (χ0n) is 9.62. The van der Waals surface area contributed by atoms with Crippen LogP contribution >= 0.6 is 0 Å². The summed E-state index contributed by atoms with van der Waals surface area (Å²) in [5.41, 5.74) is -0.300. The average molecular weight is 259 g/mol. The fourth-order valence-corrected chi connectivity index (χ4v) is 1.34. The van der Waals surface area contributed by atoms with Crippen molar-refractivity contribution in [2.75, 3.05) is 0 Å². The molecule has 1 aromatic rings. The molecular weight excluding hydrogens is 247 g/mol. The molecule has 1 atom stereocenters. The van der Waals surface area contributed by atoms with Crippen molar-refractivity contribution in [3.8, 4) is 0 Å². The Morgan fingerprint density at radius 2 is 1.89 bits per heavy atom. The van der Waals surface area contributed by atoms with Crippen molar-refractivity contribution in [3.05, 3.63) is 35.4 Å². The SMILES string of the molecule is C[C@@H](C=O)NC(=O)Cc1ccc(C(F)(F)F)cc1. The van der Waals surface area contributed by atoms with Gasteiger partial charge in [0.05, 0.1) is 18.0 Å². The highest BCUT2D eigenvalue weighted by Gasteiger charge is 2.29. The Morgan fingerprint density at radius 3 is 2.33 bits per heavy atom. The molecule has 0 unspecified atom stereocenters. The van der Waals surface area contributed by atoms with E-state index in [4.69, 9.17) is 0 Å². The third-order valence-electron chi connectivity index (χ3n) is 2.24. The number of amides is 1. The molecule has 1 N–H and O–H groups in total. The number of rotatable bonds is 4. The van der Waals surface area contributed by atoms with Crippen LogP contribution in [0, 0.1) is 0 Å². The first kappa shape index (κ1) is 14.2. The molecule has 0 fully saturated rings. The Labute approximate surface area is 102 Å². The number of aldehydes is 1. The van der Waals surface area contributed by atoms with Crippen LogP contribution in [0.25, 0.3) is 0 Å². The summed E-state index contributed by atoms with van der Waals surface area (Å²) in [6, 6.07) is 3.73. The van der Waals surface area contributed by atoms with Crippen molar-refractivity contribution in [1.29, 1.82) is 0 Å². The Kier molecular flexibility index (Phi) is 4.47. The van der Waals surface area contributed by atoms with E-state index in [1.807, 2.05) is 0 Å². The standard InChI is InChI=1S/C12H12F3NO2/c1-8(7-17)16-11(18)6-9-2-4-10(5-3-9)12(13,14)15/h2-5,7-8H,6H2,1H3,(H,16,18)/t8-/m0/s1. The topological polar surface area (TPSA) is 46.2 Å². The molecule has 1 aromatic carbocycles. The van der Waals surface area contributed by atoms with Gasteiger partial charge in [-0.2, -0.15) is 13.2 Å². The number of nitrogens with one attached hydrogen (secondary N) is 1. The first-order valence-corrected chi connectivity index (χ1v) is 5.23. The molecule has 1 amide bonds. The minimum Gasteiger partial charge on any atom is -0.347 e. The Hall–Kier alpha value is -1.85. The van der Waals surface area contributed by atoms with Gasteiger partial charge in [-0.25, -0.2) is 0 Å². The van der Waals surface area contributed by atoms with Crippen LogP contribution in [-0.2, 0) is 22.2 Å². The largest absolute Gasteiger partial charge is 0.416 e. The molecule has 0 radical (unpaired) electrons. The number of carbonyl (C=O) groups excluding carboxylic acids is 2. The van der Waals surface area contributed by atoms with E-state index in [9.17, 15) is 22.8 Å². The van der Waals surface area contributed by atoms with E-state index >= 15 is 0 Å². The average Bonchev–Trinajstić information content (AvgIpc) is 2.28. The van der Waals surface area contributed by atoms with E-state index in [1.165, 1.54) is 19.1 Å². The summed E-state index contributed by atoms with van der Waals surface area (Å²) in [5, 5.41) is 2.39. The molecule has 0 heterocycles. The van der Waals surface area contributed by atoms with E-state index in [1.54, 1.807) is 0 Å². The molecule has 0 saturated carbocycles. The van der Waals surface area contributed by atoms with Gasteiger partial charge in [0.15, 0.2) is 0 Å². The second-order valence-electron chi connectivity index (χ2n) is 3.86. The molecule has 1 rings (SSSR count). The van der Waals surface area contributed by atoms with Crippen LogP contribution in [0.2, 0.25) is 0 Å². The summed E-state index contributed by atoms with van der Waals surface area (Å²) >= 11 is 0. The van der Waals surface area contributed by atoms with Gasteiger partial charge in [0.2, 0.25) is 5.91 Å². The highest BCUT2D eigenvalue weighted by molar-refractivity contribution is 5.81. The maximum atomic E-state index is 12.3. The fraction of sp³-hybridized carbons (Fsp3) is 0.333. The highest BCUT2D eigenvalue weighted by Crippen LogP contribution is 2.29. The van der Waals surface area contributed by atoms with Crippen LogP contribution in [0.5, 0.6) is 0 Å². The van der Waals surface area contributed by atoms with E-state index in [0.29, 0.717) is 11.8 Å². The van der Waals surface area contributed by atoms with Gasteiger partial charge in [-0.1, -0.05) is 12.1 Å². The number of hydrogen-bond acceptors (Lipinski definition) is 2. The minimum absolute atomic E-state index is 0.0592. The number of benzene rings is 1. The van der Waals surface area contributed by atoms with Gasteiger partial charge in [0, 0.05) is 0 Å². The van der Waals surface area contributed by atoms with E-state index in [2.05, 4.69) is 5.32 Å². The molecule has 98 valence electrons. The second-order valence-corrected chi connectivity index (χ2v) is 3.86. The fourth-order valence-electron chi connectivity index (χ4n) is 1.34. The zero-order chi connectivity index (χ0) is 13.8. The lowest BCUT2D eigenvalue weighted by molar-refractivity contribution is -0.137. The summed E-state index contributed by atoms with van der Waals surface area (Å²) in [4.78, 5) is 21.7. The summed E-state index contributed by atoms with van der Waals surface area (Å²) in [5.74, 6) is -0.408. The van der Waals surface area contributed by atoms with Gasteiger partial charge >= 0.3 is 6.18 Å². The molecule has 0 bridgehead atoms. The van der Waals surface area contributed by atoms with Crippen molar-refractivity contribution in [2.24, 2.45) is 0 Å². The molecule has 0 saturated heterocycles. The van der Waals surface area contributed by atoms with Crippen LogP contribution in [0.15, 0.2) is 24.3 Å². The number of hydrogen-bond donors (Lipinski definition) is 1. The maximum Gasteiger partial charge on any atom is 0.416 e. The number of halogens is 3. The summed E-state index contributed by atoms with van der Waals surface area (Å²) < 4.78 is 36.8. The molecule has 0 aromatic heterocycles. The number of alkyl halides is 3. The zero-order valence-corrected chi connectivity index (χ0v) is 9.62. The first-order chi connectivity index (χ1) is 8.32. The van der Waals surface area contributed by atoms with Crippen LogP contribution in [0.4, 0.5) is 13.2 Å². The molecule has 0 spiro atoms. The van der Waals surface area contributed by atoms with Crippen molar-refractivity contribution in [2.45, 2.75) is 25.6 Å². The van der Waals surface area contributed by atoms with Crippen molar-refractivity contribution < 1.29 is 22.8 Å². The molecule has 3 nitrogen and oxygen atoms in total. The molecule has 18 heavy (non-hydrogen) atoms. The van der Waals surface area contributed by atoms with Crippen molar-refractivity contribution in [3.63, 3.8) is 0 Å². The molecule has 6 heteroatoms. The van der Waals surface area contributed by atoms with Crippen molar-refractivity contribution in [1.82, 2.24) is 5.32 Å². The quantitative estimate of drug-likeness (QED) is 0.840. The lowest BCUT2D eigenvalue weighted by atomic mass is 10.1. The first-order valence-electron chi connectivity index (χ1n) is 5.23. The maximum absolute atomic E-state index is 12.3. The number of carbonyl (C=O) groups is 2. The van der Waals surface area contributed by atoms with E-state index in [0.717, 1.165) is 12.1 Å². The van der Waals surface area contributed by atoms with Gasteiger partial charge in [0.1, 0.15) is 6.29 Å². The van der Waals surface area contributed by atoms with Gasteiger partial charge in [-0.3, -0.25) is 4.79 Å². The van der Waals surface area contributed by atoms with Gasteiger partial charge in [-0.05, 0) is 24.6 Å². The highest BCUT2D eigenvalue weighted by atomic mass is 19.4. The molecule has 0 aliphatic rings. The Morgan fingerprint density at radius 1 is 1.33 bits per heavy atom. The summed E-state index contributed by atoms with van der Waals surface area (Å²) in [6.45, 7) is 1.51. The smallest absolute Gasteiger partial charge is 0.347 e. The van der Waals surface area contributed by atoms with Crippen molar-refractivity contribution >= 4 is 12.2 Å². The predicted octanol–water partition coefficient (Wildman–Crippen LogP) is 1.95. The normalized spacial score (nSPS) is 12.9. The monoisotopic (exact) mass is 259 g/mol. The third kappa shape index (κ3) is 4.20. The summed E-state index contributed by atoms with van der Waals surface area (Å²) in [7, 11) is 0. The van der Waals surface area contributed by atoms with Gasteiger partial charge < -0.3 is 10.1 Å². The van der Waals surface area contributed by atoms with Crippen LogP contribution in [0.3, 0.4) is 0 Å². The Balaban J connectivity index is 2.64. The second kappa shape index (κ2) is 5.66. The molecule has 0 aliphatic heterocycles. The van der Waals surface area contributed by atoms with Crippen LogP contribution < -0.4 is 5.32 Å². The predicted molar refractivity (Wildman–Crippen MR) is 58.8 cm³/mol. The van der Waals surface area contributed by atoms with Gasteiger partial charge in [0.25, 0.3) is 0 Å². The summed E-state index contributed by atoms with van der Waals surface area (Å²) in [6.07, 6.45) is -3.87. The minimum atomic E-state index is -4.38.